The zero-order chi connectivity index (χ0) is 30.6. The third-order valence-electron chi connectivity index (χ3n) is 8.20. The molecule has 0 heterocycles. The lowest BCUT2D eigenvalue weighted by Crippen LogP contribution is -2.32. The van der Waals surface area contributed by atoms with Crippen LogP contribution in [0.3, 0.4) is 0 Å². The van der Waals surface area contributed by atoms with Gasteiger partial charge in [-0.25, -0.2) is 0 Å². The summed E-state index contributed by atoms with van der Waals surface area (Å²) in [7, 11) is 0. The van der Waals surface area contributed by atoms with Crippen LogP contribution in [0.5, 0.6) is 0 Å². The maximum atomic E-state index is 2.60. The van der Waals surface area contributed by atoms with Crippen molar-refractivity contribution in [1.82, 2.24) is 0 Å². The summed E-state index contributed by atoms with van der Waals surface area (Å²) >= 11 is 0. The van der Waals surface area contributed by atoms with E-state index >= 15 is 0 Å². The lowest BCUT2D eigenvalue weighted by atomic mass is 9.64. The van der Waals surface area contributed by atoms with Gasteiger partial charge in [0.15, 0.2) is 0 Å². The molecule has 0 spiro atoms. The van der Waals surface area contributed by atoms with Gasteiger partial charge in [-0.05, 0) is 96.3 Å². The van der Waals surface area contributed by atoms with E-state index in [9.17, 15) is 0 Å². The van der Waals surface area contributed by atoms with E-state index in [1.807, 2.05) is 0 Å². The Morgan fingerprint density at radius 2 is 0.872 bits per heavy atom. The largest absolute Gasteiger partial charge is 0.0582 e. The van der Waals surface area contributed by atoms with Crippen LogP contribution in [0.15, 0.2) is 24.3 Å². The van der Waals surface area contributed by atoms with E-state index in [4.69, 9.17) is 0 Å². The summed E-state index contributed by atoms with van der Waals surface area (Å²) in [6.45, 7) is 43.0. The van der Waals surface area contributed by atoms with Crippen LogP contribution in [-0.4, -0.2) is 0 Å². The SMILES string of the molecule is CC(C)(C)c1ccc(C(C)(C)C)c(CCCc2c(C(C)(C)C)cc(C(C)(C)C)c(C(C)(C)C)c2C(C)(C)C)c1. The Morgan fingerprint density at radius 3 is 1.26 bits per heavy atom. The molecule has 0 aromatic heterocycles. The number of benzene rings is 2. The van der Waals surface area contributed by atoms with Gasteiger partial charge >= 0.3 is 0 Å². The molecule has 2 aromatic carbocycles. The Kier molecular flexibility index (Phi) is 9.22. The molecule has 0 N–H and O–H groups in total. The summed E-state index contributed by atoms with van der Waals surface area (Å²) in [5.74, 6) is 0. The predicted octanol–water partition coefficient (Wildman–Crippen LogP) is 11.6. The van der Waals surface area contributed by atoms with Gasteiger partial charge in [0.2, 0.25) is 0 Å². The summed E-state index contributed by atoms with van der Waals surface area (Å²) in [4.78, 5) is 0. The summed E-state index contributed by atoms with van der Waals surface area (Å²) in [6.07, 6.45) is 3.41. The average Bonchev–Trinajstić information content (AvgIpc) is 2.68. The molecule has 0 saturated heterocycles. The Bertz CT molecular complexity index is 1140. The minimum absolute atomic E-state index is 0.0714. The zero-order valence-corrected chi connectivity index (χ0v) is 29.4. The predicted molar refractivity (Wildman–Crippen MR) is 177 cm³/mol. The van der Waals surface area contributed by atoms with Gasteiger partial charge in [-0.3, -0.25) is 0 Å². The molecule has 0 aliphatic carbocycles. The highest BCUT2D eigenvalue weighted by molar-refractivity contribution is 5.56. The molecule has 220 valence electrons. The summed E-state index contributed by atoms with van der Waals surface area (Å²) in [6, 6.07) is 9.89. The molecule has 0 heteroatoms. The van der Waals surface area contributed by atoms with Gasteiger partial charge in [0.1, 0.15) is 0 Å². The van der Waals surface area contributed by atoms with Crippen molar-refractivity contribution in [2.75, 3.05) is 0 Å². The first-order valence-electron chi connectivity index (χ1n) is 15.5. The molecule has 39 heavy (non-hydrogen) atoms. The average molecular weight is 533 g/mol. The van der Waals surface area contributed by atoms with E-state index in [1.54, 1.807) is 22.3 Å². The second-order valence-electron chi connectivity index (χ2n) is 18.4. The van der Waals surface area contributed by atoms with Crippen molar-refractivity contribution in [3.63, 3.8) is 0 Å². The van der Waals surface area contributed by atoms with E-state index in [1.165, 1.54) is 28.7 Å². The molecule has 0 bridgehead atoms. The highest BCUT2D eigenvalue weighted by atomic mass is 14.4. The van der Waals surface area contributed by atoms with Crippen molar-refractivity contribution < 1.29 is 0 Å². The Balaban J connectivity index is 2.79. The van der Waals surface area contributed by atoms with Gasteiger partial charge in [0.05, 0.1) is 0 Å². The van der Waals surface area contributed by atoms with Crippen LogP contribution < -0.4 is 0 Å². The number of rotatable bonds is 4. The standard InChI is InChI=1S/C39H64/c1-34(2,3)27-22-23-29(35(4,5)6)26(24-27)20-19-21-28-30(36(7,8)9)25-31(37(10,11)12)33(39(16,17)18)32(28)38(13,14)15/h22-25H,19-21H2,1-18H3. The van der Waals surface area contributed by atoms with Crippen molar-refractivity contribution in [3.8, 4) is 0 Å². The molecule has 0 atom stereocenters. The van der Waals surface area contributed by atoms with Gasteiger partial charge in [-0.1, -0.05) is 149 Å². The van der Waals surface area contributed by atoms with Crippen LogP contribution in [0.2, 0.25) is 0 Å². The maximum Gasteiger partial charge on any atom is -0.0126 e. The zero-order valence-electron chi connectivity index (χ0n) is 29.4. The summed E-state index contributed by atoms with van der Waals surface area (Å²) in [5.41, 5.74) is 13.0. The molecule has 0 saturated carbocycles. The van der Waals surface area contributed by atoms with Crippen LogP contribution in [0.4, 0.5) is 0 Å². The van der Waals surface area contributed by atoms with Crippen molar-refractivity contribution in [2.24, 2.45) is 0 Å². The highest BCUT2D eigenvalue weighted by Gasteiger charge is 2.36. The quantitative estimate of drug-likeness (QED) is 0.367. The van der Waals surface area contributed by atoms with Crippen LogP contribution in [-0.2, 0) is 45.3 Å². The van der Waals surface area contributed by atoms with Crippen LogP contribution in [0.1, 0.15) is 176 Å². The molecule has 0 radical (unpaired) electrons. The maximum absolute atomic E-state index is 2.60. The smallest absolute Gasteiger partial charge is 0.0126 e. The Hall–Kier alpha value is -1.56. The fourth-order valence-electron chi connectivity index (χ4n) is 6.31. The molecule has 0 aliphatic rings. The van der Waals surface area contributed by atoms with Crippen LogP contribution in [0.25, 0.3) is 0 Å². The van der Waals surface area contributed by atoms with Crippen molar-refractivity contribution in [1.29, 1.82) is 0 Å². The second kappa shape index (κ2) is 10.7. The minimum Gasteiger partial charge on any atom is -0.0582 e. The molecule has 0 aliphatic heterocycles. The normalized spacial score (nSPS) is 14.2. The number of aryl methyl sites for hydroxylation is 1. The Morgan fingerprint density at radius 1 is 0.410 bits per heavy atom. The van der Waals surface area contributed by atoms with Gasteiger partial charge in [0.25, 0.3) is 0 Å². The molecule has 0 amide bonds. The number of hydrogen-bond donors (Lipinski definition) is 0. The van der Waals surface area contributed by atoms with Gasteiger partial charge in [-0.15, -0.1) is 0 Å². The molecule has 2 aromatic rings. The molecule has 0 unspecified atom stereocenters. The van der Waals surface area contributed by atoms with E-state index < -0.39 is 0 Å². The first-order chi connectivity index (χ1) is 17.2. The summed E-state index contributed by atoms with van der Waals surface area (Å²) in [5, 5.41) is 0. The topological polar surface area (TPSA) is 0 Å². The van der Waals surface area contributed by atoms with Crippen molar-refractivity contribution in [3.05, 3.63) is 68.8 Å². The lowest BCUT2D eigenvalue weighted by Gasteiger charge is -2.41. The second-order valence-corrected chi connectivity index (χ2v) is 18.4. The number of hydrogen-bond acceptors (Lipinski definition) is 0. The molecule has 2 rings (SSSR count). The Labute approximate surface area is 244 Å². The van der Waals surface area contributed by atoms with Gasteiger partial charge < -0.3 is 0 Å². The third kappa shape index (κ3) is 8.01. The van der Waals surface area contributed by atoms with Gasteiger partial charge in [-0.2, -0.15) is 0 Å². The fraction of sp³-hybridized carbons (Fsp3) is 0.692. The first-order valence-corrected chi connectivity index (χ1v) is 15.5. The molecular formula is C39H64. The van der Waals surface area contributed by atoms with Crippen molar-refractivity contribution >= 4 is 0 Å². The lowest BCUT2D eigenvalue weighted by molar-refractivity contribution is 0.483. The van der Waals surface area contributed by atoms with E-state index in [2.05, 4.69) is 149 Å². The molecule has 0 nitrogen and oxygen atoms in total. The van der Waals surface area contributed by atoms with Gasteiger partial charge in [0, 0.05) is 0 Å². The minimum atomic E-state index is 0.0714. The molecular weight excluding hydrogens is 468 g/mol. The van der Waals surface area contributed by atoms with E-state index in [0.717, 1.165) is 12.8 Å². The molecule has 0 fully saturated rings. The highest BCUT2D eigenvalue weighted by Crippen LogP contribution is 2.46. The summed E-state index contributed by atoms with van der Waals surface area (Å²) < 4.78 is 0. The first kappa shape index (κ1) is 33.6. The monoisotopic (exact) mass is 533 g/mol. The third-order valence-corrected chi connectivity index (χ3v) is 8.20. The van der Waals surface area contributed by atoms with E-state index in [0.29, 0.717) is 0 Å². The van der Waals surface area contributed by atoms with Crippen LogP contribution >= 0.6 is 0 Å². The fourth-order valence-corrected chi connectivity index (χ4v) is 6.31. The van der Waals surface area contributed by atoms with E-state index in [-0.39, 0.29) is 32.5 Å². The van der Waals surface area contributed by atoms with Crippen LogP contribution in [0, 0.1) is 0 Å². The van der Waals surface area contributed by atoms with Crippen molar-refractivity contribution in [2.45, 2.75) is 176 Å².